The highest BCUT2D eigenvalue weighted by molar-refractivity contribution is 5.78. The fraction of sp³-hybridized carbons (Fsp3) is 0.462. The van der Waals surface area contributed by atoms with E-state index in [1.54, 1.807) is 0 Å². The van der Waals surface area contributed by atoms with Crippen LogP contribution in [-0.2, 0) is 9.53 Å². The van der Waals surface area contributed by atoms with Crippen molar-refractivity contribution < 1.29 is 9.53 Å². The number of carbonyl (C=O) groups excluding carboxylic acids is 1. The van der Waals surface area contributed by atoms with Crippen molar-refractivity contribution in [2.24, 2.45) is 0 Å². The Balaban J connectivity index is 4.69. The molecule has 0 aliphatic heterocycles. The van der Waals surface area contributed by atoms with Crippen LogP contribution in [0.3, 0.4) is 0 Å². The molecular weight excluding hydrogens is 202 g/mol. The van der Waals surface area contributed by atoms with Crippen LogP contribution in [0.4, 0.5) is 0 Å². The number of allylic oxidation sites excluding steroid dienone is 4. The van der Waals surface area contributed by atoms with Gasteiger partial charge in [-0.25, -0.2) is 0 Å². The average Bonchev–Trinajstić information content (AvgIpc) is 2.17. The Morgan fingerprint density at radius 3 is 2.38 bits per heavy atom. The van der Waals surface area contributed by atoms with Crippen molar-refractivity contribution in [3.63, 3.8) is 0 Å². The number of aldehydes is 1. The van der Waals surface area contributed by atoms with Gasteiger partial charge in [0.1, 0.15) is 12.4 Å². The first-order chi connectivity index (χ1) is 7.51. The Morgan fingerprint density at radius 1 is 1.38 bits per heavy atom. The number of carbonyl (C=O) groups is 1. The molecule has 0 heterocycles. The molecule has 0 N–H and O–H groups in total. The number of hydrogen-bond acceptors (Lipinski definition) is 3. The second kappa shape index (κ2) is 7.88. The molecule has 0 spiro atoms. The molecule has 0 aromatic heterocycles. The van der Waals surface area contributed by atoms with Gasteiger partial charge < -0.3 is 9.64 Å². The maximum Gasteiger partial charge on any atom is 0.153 e. The van der Waals surface area contributed by atoms with Crippen molar-refractivity contribution in [3.8, 4) is 0 Å². The van der Waals surface area contributed by atoms with Crippen LogP contribution < -0.4 is 0 Å². The van der Waals surface area contributed by atoms with E-state index < -0.39 is 0 Å². The highest BCUT2D eigenvalue weighted by Crippen LogP contribution is 2.10. The summed E-state index contributed by atoms with van der Waals surface area (Å²) >= 11 is 0. The van der Waals surface area contributed by atoms with Gasteiger partial charge in [0.05, 0.1) is 5.57 Å². The SMILES string of the molecule is C=C/C(C=O)=C(\C=C(C)C)OCCN(C)C. The topological polar surface area (TPSA) is 29.5 Å². The lowest BCUT2D eigenvalue weighted by atomic mass is 10.2. The molecule has 0 bridgehead atoms. The van der Waals surface area contributed by atoms with E-state index in [0.29, 0.717) is 17.9 Å². The van der Waals surface area contributed by atoms with Crippen molar-refractivity contribution in [3.05, 3.63) is 35.6 Å². The molecule has 0 saturated carbocycles. The van der Waals surface area contributed by atoms with Crippen molar-refractivity contribution in [2.45, 2.75) is 13.8 Å². The quantitative estimate of drug-likeness (QED) is 0.287. The van der Waals surface area contributed by atoms with Gasteiger partial charge in [0, 0.05) is 6.54 Å². The predicted octanol–water partition coefficient (Wildman–Crippen LogP) is 2.17. The normalized spacial score (nSPS) is 11.8. The molecular formula is C13H21NO2. The minimum Gasteiger partial charge on any atom is -0.492 e. The zero-order chi connectivity index (χ0) is 12.6. The average molecular weight is 223 g/mol. The molecule has 0 radical (unpaired) electrons. The molecule has 0 aromatic rings. The zero-order valence-corrected chi connectivity index (χ0v) is 10.6. The van der Waals surface area contributed by atoms with Gasteiger partial charge >= 0.3 is 0 Å². The Labute approximate surface area is 98.1 Å². The lowest BCUT2D eigenvalue weighted by Gasteiger charge is -2.12. The van der Waals surface area contributed by atoms with Crippen LogP contribution in [0.25, 0.3) is 0 Å². The van der Waals surface area contributed by atoms with Gasteiger partial charge in [-0.1, -0.05) is 18.2 Å². The summed E-state index contributed by atoms with van der Waals surface area (Å²) in [6, 6.07) is 0. The molecule has 0 amide bonds. The summed E-state index contributed by atoms with van der Waals surface area (Å²) in [5.41, 5.74) is 1.57. The van der Waals surface area contributed by atoms with Gasteiger partial charge in [0.25, 0.3) is 0 Å². The van der Waals surface area contributed by atoms with Gasteiger partial charge in [0.15, 0.2) is 6.29 Å². The van der Waals surface area contributed by atoms with Crippen molar-refractivity contribution in [1.82, 2.24) is 4.90 Å². The third-order valence-corrected chi connectivity index (χ3v) is 1.85. The minimum atomic E-state index is 0.486. The van der Waals surface area contributed by atoms with E-state index in [1.807, 2.05) is 38.9 Å². The van der Waals surface area contributed by atoms with E-state index in [0.717, 1.165) is 18.4 Å². The summed E-state index contributed by atoms with van der Waals surface area (Å²) in [6.45, 7) is 8.87. The number of likely N-dealkylation sites (N-methyl/N-ethyl adjacent to an activating group) is 1. The monoisotopic (exact) mass is 223 g/mol. The smallest absolute Gasteiger partial charge is 0.153 e. The Kier molecular flexibility index (Phi) is 7.21. The maximum absolute atomic E-state index is 10.8. The number of rotatable bonds is 7. The maximum atomic E-state index is 10.8. The van der Waals surface area contributed by atoms with Crippen molar-refractivity contribution in [1.29, 1.82) is 0 Å². The van der Waals surface area contributed by atoms with Crippen LogP contribution in [0.2, 0.25) is 0 Å². The second-order valence-electron chi connectivity index (χ2n) is 4.01. The standard InChI is InChI=1S/C13H21NO2/c1-6-12(10-15)13(9-11(2)3)16-8-7-14(4)5/h6,9-10H,1,7-8H2,2-5H3/b13-12-. The first-order valence-corrected chi connectivity index (χ1v) is 5.25. The Hall–Kier alpha value is -1.35. The van der Waals surface area contributed by atoms with Crippen LogP contribution >= 0.6 is 0 Å². The van der Waals surface area contributed by atoms with Crippen LogP contribution in [0.5, 0.6) is 0 Å². The molecule has 0 aromatic carbocycles. The summed E-state index contributed by atoms with van der Waals surface area (Å²) in [4.78, 5) is 12.8. The van der Waals surface area contributed by atoms with Gasteiger partial charge in [0.2, 0.25) is 0 Å². The van der Waals surface area contributed by atoms with Crippen molar-refractivity contribution in [2.75, 3.05) is 27.2 Å². The molecule has 16 heavy (non-hydrogen) atoms. The third-order valence-electron chi connectivity index (χ3n) is 1.85. The second-order valence-corrected chi connectivity index (χ2v) is 4.01. The molecule has 90 valence electrons. The fourth-order valence-corrected chi connectivity index (χ4v) is 1.02. The molecule has 0 aliphatic rings. The zero-order valence-electron chi connectivity index (χ0n) is 10.6. The summed E-state index contributed by atoms with van der Waals surface area (Å²) in [5.74, 6) is 0.590. The van der Waals surface area contributed by atoms with Gasteiger partial charge in [-0.15, -0.1) is 0 Å². The molecule has 3 nitrogen and oxygen atoms in total. The van der Waals surface area contributed by atoms with E-state index in [9.17, 15) is 4.79 Å². The summed E-state index contributed by atoms with van der Waals surface area (Å²) in [7, 11) is 3.95. The van der Waals surface area contributed by atoms with Gasteiger partial charge in [-0.05, 0) is 34.0 Å². The fourth-order valence-electron chi connectivity index (χ4n) is 1.02. The summed E-state index contributed by atoms with van der Waals surface area (Å²) in [6.07, 6.45) is 4.12. The predicted molar refractivity (Wildman–Crippen MR) is 67.2 cm³/mol. The van der Waals surface area contributed by atoms with E-state index >= 15 is 0 Å². The van der Waals surface area contributed by atoms with Crippen LogP contribution in [0, 0.1) is 0 Å². The lowest BCUT2D eigenvalue weighted by molar-refractivity contribution is -0.104. The van der Waals surface area contributed by atoms with E-state index in [1.165, 1.54) is 6.08 Å². The molecule has 0 unspecified atom stereocenters. The number of hydrogen-bond donors (Lipinski definition) is 0. The number of nitrogens with zero attached hydrogens (tertiary/aromatic N) is 1. The first kappa shape index (κ1) is 14.6. The molecule has 3 heteroatoms. The van der Waals surface area contributed by atoms with E-state index in [2.05, 4.69) is 6.58 Å². The molecule has 0 saturated heterocycles. The Bertz CT molecular complexity index is 287. The molecule has 0 rings (SSSR count). The highest BCUT2D eigenvalue weighted by atomic mass is 16.5. The van der Waals surface area contributed by atoms with Gasteiger partial charge in [-0.3, -0.25) is 4.79 Å². The highest BCUT2D eigenvalue weighted by Gasteiger charge is 2.02. The molecule has 0 atom stereocenters. The van der Waals surface area contributed by atoms with Crippen molar-refractivity contribution >= 4 is 6.29 Å². The largest absolute Gasteiger partial charge is 0.492 e. The first-order valence-electron chi connectivity index (χ1n) is 5.25. The van der Waals surface area contributed by atoms with Gasteiger partial charge in [-0.2, -0.15) is 0 Å². The Morgan fingerprint density at radius 2 is 2.00 bits per heavy atom. The number of ether oxygens (including phenoxy) is 1. The van der Waals surface area contributed by atoms with Crippen LogP contribution in [-0.4, -0.2) is 38.4 Å². The summed E-state index contributed by atoms with van der Waals surface area (Å²) < 4.78 is 5.57. The van der Waals surface area contributed by atoms with Crippen LogP contribution in [0.1, 0.15) is 13.8 Å². The van der Waals surface area contributed by atoms with Crippen LogP contribution in [0.15, 0.2) is 35.6 Å². The van der Waals surface area contributed by atoms with E-state index in [-0.39, 0.29) is 0 Å². The molecule has 0 fully saturated rings. The lowest BCUT2D eigenvalue weighted by Crippen LogP contribution is -2.18. The van der Waals surface area contributed by atoms with E-state index in [4.69, 9.17) is 4.74 Å². The molecule has 0 aliphatic carbocycles. The third kappa shape index (κ3) is 6.19. The summed E-state index contributed by atoms with van der Waals surface area (Å²) in [5, 5.41) is 0. The minimum absolute atomic E-state index is 0.486.